The molecule has 11 heavy (non-hydrogen) atoms. The average molecular weight is 152 g/mol. The topological polar surface area (TPSA) is 58.6 Å². The molecule has 4 nitrogen and oxygen atoms in total. The van der Waals surface area contributed by atoms with Gasteiger partial charge in [-0.1, -0.05) is 0 Å². The Balaban J connectivity index is 0.000001000. The van der Waals surface area contributed by atoms with E-state index < -0.39 is 11.6 Å². The maximum atomic E-state index is 10.4. The zero-order valence-electron chi connectivity index (χ0n) is 6.75. The van der Waals surface area contributed by atoms with Crippen molar-refractivity contribution >= 4 is 5.97 Å². The SMILES string of the molecule is CCOC1(C(=O)[O-])COC1.[Li+]. The molecule has 0 aromatic rings. The Bertz CT molecular complexity index is 144. The van der Waals surface area contributed by atoms with Crippen molar-refractivity contribution < 1.29 is 38.2 Å². The summed E-state index contributed by atoms with van der Waals surface area (Å²) in [7, 11) is 0. The van der Waals surface area contributed by atoms with Crippen LogP contribution in [0, 0.1) is 0 Å². The summed E-state index contributed by atoms with van der Waals surface area (Å²) >= 11 is 0. The fourth-order valence-electron chi connectivity index (χ4n) is 0.824. The van der Waals surface area contributed by atoms with Crippen LogP contribution in [0.1, 0.15) is 6.92 Å². The van der Waals surface area contributed by atoms with Crippen molar-refractivity contribution in [3.05, 3.63) is 0 Å². The van der Waals surface area contributed by atoms with Crippen molar-refractivity contribution in [2.45, 2.75) is 12.5 Å². The first-order chi connectivity index (χ1) is 4.71. The van der Waals surface area contributed by atoms with Crippen LogP contribution in [-0.2, 0) is 14.3 Å². The van der Waals surface area contributed by atoms with E-state index in [9.17, 15) is 9.90 Å². The first-order valence-corrected chi connectivity index (χ1v) is 3.14. The van der Waals surface area contributed by atoms with Gasteiger partial charge < -0.3 is 19.4 Å². The van der Waals surface area contributed by atoms with E-state index in [2.05, 4.69) is 0 Å². The fourth-order valence-corrected chi connectivity index (χ4v) is 0.824. The molecule has 1 rings (SSSR count). The number of carboxylic acids is 1. The zero-order chi connectivity index (χ0) is 7.61. The van der Waals surface area contributed by atoms with Gasteiger partial charge in [-0.3, -0.25) is 0 Å². The quantitative estimate of drug-likeness (QED) is 0.383. The van der Waals surface area contributed by atoms with E-state index in [0.717, 1.165) is 0 Å². The number of carbonyl (C=O) groups is 1. The van der Waals surface area contributed by atoms with Gasteiger partial charge in [0.1, 0.15) is 0 Å². The molecule has 5 heteroatoms. The molecule has 58 valence electrons. The third-order valence-corrected chi connectivity index (χ3v) is 1.46. The molecule has 0 spiro atoms. The predicted octanol–water partition coefficient (Wildman–Crippen LogP) is -4.45. The number of ether oxygens (including phenoxy) is 2. The second kappa shape index (κ2) is 4.12. The summed E-state index contributed by atoms with van der Waals surface area (Å²) in [5.41, 5.74) is -1.14. The van der Waals surface area contributed by atoms with Crippen LogP contribution in [0.3, 0.4) is 0 Å². The molecule has 0 aromatic heterocycles. The molecule has 0 bridgehead atoms. The molecule has 0 atom stereocenters. The summed E-state index contributed by atoms with van der Waals surface area (Å²) in [6, 6.07) is 0. The third-order valence-electron chi connectivity index (χ3n) is 1.46. The summed E-state index contributed by atoms with van der Waals surface area (Å²) in [5, 5.41) is 10.4. The van der Waals surface area contributed by atoms with E-state index >= 15 is 0 Å². The van der Waals surface area contributed by atoms with E-state index in [4.69, 9.17) is 9.47 Å². The Hall–Kier alpha value is -0.0126. The molecule has 1 saturated heterocycles. The molecule has 1 fully saturated rings. The summed E-state index contributed by atoms with van der Waals surface area (Å²) in [5.74, 6) is -1.18. The summed E-state index contributed by atoms with van der Waals surface area (Å²) in [6.45, 7) is 2.34. The van der Waals surface area contributed by atoms with E-state index in [0.29, 0.717) is 6.61 Å². The van der Waals surface area contributed by atoms with Gasteiger partial charge in [0, 0.05) is 6.61 Å². The van der Waals surface area contributed by atoms with Gasteiger partial charge in [-0.05, 0) is 6.92 Å². The van der Waals surface area contributed by atoms with Gasteiger partial charge in [0.25, 0.3) is 0 Å². The van der Waals surface area contributed by atoms with Crippen molar-refractivity contribution in [2.24, 2.45) is 0 Å². The molecule has 0 aliphatic carbocycles. The first kappa shape index (κ1) is 11.0. The van der Waals surface area contributed by atoms with Gasteiger partial charge in [-0.2, -0.15) is 0 Å². The van der Waals surface area contributed by atoms with Crippen LogP contribution in [-0.4, -0.2) is 31.4 Å². The number of carboxylic acid groups (broad SMARTS) is 1. The van der Waals surface area contributed by atoms with Crippen LogP contribution in [0.25, 0.3) is 0 Å². The number of hydrogen-bond acceptors (Lipinski definition) is 4. The summed E-state index contributed by atoms with van der Waals surface area (Å²) in [4.78, 5) is 10.4. The van der Waals surface area contributed by atoms with E-state index in [1.807, 2.05) is 0 Å². The van der Waals surface area contributed by atoms with E-state index in [-0.39, 0.29) is 32.1 Å². The predicted molar refractivity (Wildman–Crippen MR) is 30.2 cm³/mol. The Morgan fingerprint density at radius 1 is 1.73 bits per heavy atom. The second-order valence-corrected chi connectivity index (χ2v) is 2.21. The van der Waals surface area contributed by atoms with Gasteiger partial charge >= 0.3 is 18.9 Å². The summed E-state index contributed by atoms with van der Waals surface area (Å²) in [6.07, 6.45) is 0. The summed E-state index contributed by atoms with van der Waals surface area (Å²) < 4.78 is 9.65. The molecule has 0 amide bonds. The standard InChI is InChI=1S/C6H10O4.Li/c1-2-10-6(5(7)8)3-9-4-6;/h2-4H2,1H3,(H,7,8);/q;+1/p-1. The molecule has 0 aromatic carbocycles. The van der Waals surface area contributed by atoms with Crippen molar-refractivity contribution in [2.75, 3.05) is 19.8 Å². The Kier molecular flexibility index (Phi) is 4.12. The molecule has 0 unspecified atom stereocenters. The van der Waals surface area contributed by atoms with Gasteiger partial charge in [0.15, 0.2) is 5.60 Å². The van der Waals surface area contributed by atoms with Crippen LogP contribution in [0.15, 0.2) is 0 Å². The normalized spacial score (nSPS) is 19.7. The number of carbonyl (C=O) groups excluding carboxylic acids is 1. The smallest absolute Gasteiger partial charge is 0.547 e. The van der Waals surface area contributed by atoms with Crippen LogP contribution >= 0.6 is 0 Å². The van der Waals surface area contributed by atoms with Crippen molar-refractivity contribution in [1.82, 2.24) is 0 Å². The van der Waals surface area contributed by atoms with Crippen LogP contribution in [0.5, 0.6) is 0 Å². The van der Waals surface area contributed by atoms with E-state index in [1.54, 1.807) is 6.92 Å². The monoisotopic (exact) mass is 152 g/mol. The minimum atomic E-state index is -1.18. The molecule has 1 aliphatic heterocycles. The third kappa shape index (κ3) is 1.97. The largest absolute Gasteiger partial charge is 1.00 e. The Morgan fingerprint density at radius 3 is 2.36 bits per heavy atom. The first-order valence-electron chi connectivity index (χ1n) is 3.14. The molecule has 1 aliphatic rings. The Morgan fingerprint density at radius 2 is 2.27 bits per heavy atom. The molecule has 0 saturated carbocycles. The zero-order valence-corrected chi connectivity index (χ0v) is 6.75. The van der Waals surface area contributed by atoms with Gasteiger partial charge in [0.05, 0.1) is 19.2 Å². The van der Waals surface area contributed by atoms with Crippen LogP contribution in [0.2, 0.25) is 0 Å². The number of hydrogen-bond donors (Lipinski definition) is 0. The maximum Gasteiger partial charge on any atom is 1.00 e. The molecule has 1 heterocycles. The molecule has 0 radical (unpaired) electrons. The maximum absolute atomic E-state index is 10.4. The van der Waals surface area contributed by atoms with Crippen molar-refractivity contribution in [3.8, 4) is 0 Å². The molecule has 0 N–H and O–H groups in total. The number of aliphatic carboxylic acids is 1. The Labute approximate surface area is 77.0 Å². The minimum Gasteiger partial charge on any atom is -0.547 e. The van der Waals surface area contributed by atoms with Crippen LogP contribution in [0.4, 0.5) is 0 Å². The van der Waals surface area contributed by atoms with Crippen molar-refractivity contribution in [1.29, 1.82) is 0 Å². The fraction of sp³-hybridized carbons (Fsp3) is 0.833. The molecular weight excluding hydrogens is 143 g/mol. The van der Waals surface area contributed by atoms with Gasteiger partial charge in [0.2, 0.25) is 0 Å². The second-order valence-electron chi connectivity index (χ2n) is 2.21. The van der Waals surface area contributed by atoms with E-state index in [1.165, 1.54) is 0 Å². The van der Waals surface area contributed by atoms with Gasteiger partial charge in [-0.25, -0.2) is 0 Å². The average Bonchev–Trinajstić information content (AvgIpc) is 1.77. The van der Waals surface area contributed by atoms with Crippen molar-refractivity contribution in [3.63, 3.8) is 0 Å². The molecular formula is C6H9LiO4. The van der Waals surface area contributed by atoms with Gasteiger partial charge in [-0.15, -0.1) is 0 Å². The minimum absolute atomic E-state index is 0. The number of rotatable bonds is 3. The van der Waals surface area contributed by atoms with Crippen LogP contribution < -0.4 is 24.0 Å².